The maximum atomic E-state index is 14.3. The molecular formula is C22H31F2N3O3. The zero-order valence-electron chi connectivity index (χ0n) is 18.3. The molecule has 2 rings (SSSR count). The summed E-state index contributed by atoms with van der Waals surface area (Å²) in [5, 5.41) is 2.42. The Balaban J connectivity index is 2.19. The van der Waals surface area contributed by atoms with Gasteiger partial charge in [-0.05, 0) is 49.8 Å². The van der Waals surface area contributed by atoms with E-state index in [1.807, 2.05) is 0 Å². The predicted molar refractivity (Wildman–Crippen MR) is 109 cm³/mol. The Bertz CT molecular complexity index is 801. The van der Waals surface area contributed by atoms with E-state index in [0.717, 1.165) is 35.9 Å². The van der Waals surface area contributed by atoms with E-state index < -0.39 is 35.7 Å². The van der Waals surface area contributed by atoms with Crippen LogP contribution in [0.2, 0.25) is 0 Å². The molecule has 1 saturated heterocycles. The molecule has 1 atom stereocenters. The number of carbonyl (C=O) groups excluding carboxylic acids is 3. The molecule has 1 aliphatic heterocycles. The fraction of sp³-hybridized carbons (Fsp3) is 0.591. The van der Waals surface area contributed by atoms with E-state index >= 15 is 0 Å². The highest BCUT2D eigenvalue weighted by Gasteiger charge is 2.51. The van der Waals surface area contributed by atoms with Crippen LogP contribution in [0, 0.1) is 23.5 Å². The van der Waals surface area contributed by atoms with Crippen molar-refractivity contribution in [2.24, 2.45) is 11.8 Å². The molecular weight excluding hydrogens is 392 g/mol. The summed E-state index contributed by atoms with van der Waals surface area (Å²) in [4.78, 5) is 40.8. The second-order valence-corrected chi connectivity index (χ2v) is 8.82. The van der Waals surface area contributed by atoms with Gasteiger partial charge in [-0.2, -0.15) is 0 Å². The number of hydrogen-bond donors (Lipinski definition) is 1. The van der Waals surface area contributed by atoms with E-state index in [9.17, 15) is 23.2 Å². The molecule has 0 spiro atoms. The van der Waals surface area contributed by atoms with Gasteiger partial charge in [-0.25, -0.2) is 13.6 Å². The lowest BCUT2D eigenvalue weighted by Crippen LogP contribution is -2.45. The average Bonchev–Trinajstić information content (AvgIpc) is 2.87. The molecule has 0 radical (unpaired) electrons. The van der Waals surface area contributed by atoms with E-state index in [-0.39, 0.29) is 11.5 Å². The van der Waals surface area contributed by atoms with Gasteiger partial charge in [-0.15, -0.1) is 0 Å². The molecule has 4 amide bonds. The van der Waals surface area contributed by atoms with Crippen LogP contribution in [-0.4, -0.2) is 47.3 Å². The van der Waals surface area contributed by atoms with Gasteiger partial charge in [0.15, 0.2) is 0 Å². The Kier molecular flexibility index (Phi) is 7.55. The Morgan fingerprint density at radius 2 is 1.67 bits per heavy atom. The first-order valence-electron chi connectivity index (χ1n) is 10.3. The van der Waals surface area contributed by atoms with Crippen LogP contribution in [0.15, 0.2) is 18.2 Å². The third-order valence-corrected chi connectivity index (χ3v) is 5.34. The second kappa shape index (κ2) is 9.53. The summed E-state index contributed by atoms with van der Waals surface area (Å²) in [7, 11) is 0. The zero-order valence-corrected chi connectivity index (χ0v) is 18.3. The predicted octanol–water partition coefficient (Wildman–Crippen LogP) is 3.65. The molecule has 1 fully saturated rings. The first kappa shape index (κ1) is 23.8. The Hall–Kier alpha value is -2.51. The highest BCUT2D eigenvalue weighted by molar-refractivity contribution is 6.09. The first-order valence-corrected chi connectivity index (χ1v) is 10.3. The lowest BCUT2D eigenvalue weighted by atomic mass is 9.91. The Labute approximate surface area is 176 Å². The van der Waals surface area contributed by atoms with Gasteiger partial charge in [0.25, 0.3) is 5.91 Å². The van der Waals surface area contributed by atoms with Gasteiger partial charge < -0.3 is 10.2 Å². The van der Waals surface area contributed by atoms with Crippen LogP contribution in [0.1, 0.15) is 53.0 Å². The Morgan fingerprint density at radius 1 is 1.10 bits per heavy atom. The highest BCUT2D eigenvalue weighted by atomic mass is 19.1. The normalized spacial score (nSPS) is 19.0. The molecule has 1 aliphatic rings. The third kappa shape index (κ3) is 5.34. The minimum absolute atomic E-state index is 0.271. The number of halogens is 2. The van der Waals surface area contributed by atoms with Gasteiger partial charge in [0.2, 0.25) is 5.91 Å². The number of urea groups is 1. The molecule has 6 nitrogen and oxygen atoms in total. The van der Waals surface area contributed by atoms with E-state index in [0.29, 0.717) is 24.9 Å². The van der Waals surface area contributed by atoms with E-state index in [4.69, 9.17) is 0 Å². The number of nitrogens with zero attached hydrogens (tertiary/aromatic N) is 2. The maximum Gasteiger partial charge on any atom is 0.325 e. The van der Waals surface area contributed by atoms with Crippen LogP contribution >= 0.6 is 0 Å². The number of amides is 4. The smallest absolute Gasteiger partial charge is 0.325 e. The second-order valence-electron chi connectivity index (χ2n) is 8.82. The minimum atomic E-state index is -1.77. The lowest BCUT2D eigenvalue weighted by molar-refractivity contribution is -0.139. The van der Waals surface area contributed by atoms with Gasteiger partial charge in [-0.3, -0.25) is 14.5 Å². The van der Waals surface area contributed by atoms with Crippen molar-refractivity contribution in [3.63, 3.8) is 0 Å². The monoisotopic (exact) mass is 423 g/mol. The summed E-state index contributed by atoms with van der Waals surface area (Å²) < 4.78 is 27.9. The van der Waals surface area contributed by atoms with Crippen molar-refractivity contribution in [3.8, 4) is 0 Å². The van der Waals surface area contributed by atoms with Crippen molar-refractivity contribution >= 4 is 17.8 Å². The topological polar surface area (TPSA) is 69.7 Å². The van der Waals surface area contributed by atoms with E-state index in [2.05, 4.69) is 33.0 Å². The Morgan fingerprint density at radius 3 is 2.20 bits per heavy atom. The summed E-state index contributed by atoms with van der Waals surface area (Å²) in [6.07, 6.45) is 1.60. The molecule has 1 aromatic rings. The minimum Gasteiger partial charge on any atom is -0.341 e. The molecule has 1 unspecified atom stereocenters. The van der Waals surface area contributed by atoms with Crippen LogP contribution in [0.25, 0.3) is 0 Å². The summed E-state index contributed by atoms with van der Waals surface area (Å²) in [5.41, 5.74) is -2.04. The molecule has 0 bridgehead atoms. The van der Waals surface area contributed by atoms with Crippen molar-refractivity contribution in [1.29, 1.82) is 0 Å². The van der Waals surface area contributed by atoms with Gasteiger partial charge in [0.1, 0.15) is 23.7 Å². The van der Waals surface area contributed by atoms with Crippen LogP contribution in [-0.2, 0) is 15.1 Å². The van der Waals surface area contributed by atoms with Gasteiger partial charge in [-0.1, -0.05) is 27.7 Å². The molecule has 0 aliphatic carbocycles. The summed E-state index contributed by atoms with van der Waals surface area (Å²) in [5.74, 6) is -1.86. The van der Waals surface area contributed by atoms with Crippen LogP contribution in [0.4, 0.5) is 13.6 Å². The van der Waals surface area contributed by atoms with E-state index in [1.54, 1.807) is 4.90 Å². The summed E-state index contributed by atoms with van der Waals surface area (Å²) in [6.45, 7) is 10.2. The fourth-order valence-corrected chi connectivity index (χ4v) is 3.33. The molecule has 166 valence electrons. The number of carbonyl (C=O) groups is 3. The molecule has 8 heteroatoms. The fourth-order valence-electron chi connectivity index (χ4n) is 3.33. The van der Waals surface area contributed by atoms with Crippen LogP contribution in [0.3, 0.4) is 0 Å². The molecule has 30 heavy (non-hydrogen) atoms. The molecule has 1 heterocycles. The van der Waals surface area contributed by atoms with Crippen molar-refractivity contribution in [1.82, 2.24) is 15.1 Å². The van der Waals surface area contributed by atoms with Crippen molar-refractivity contribution in [3.05, 3.63) is 35.4 Å². The average molecular weight is 424 g/mol. The largest absolute Gasteiger partial charge is 0.341 e. The first-order chi connectivity index (χ1) is 14.0. The number of hydrogen-bond acceptors (Lipinski definition) is 3. The van der Waals surface area contributed by atoms with Crippen LogP contribution < -0.4 is 5.32 Å². The van der Waals surface area contributed by atoms with E-state index in [1.165, 1.54) is 6.92 Å². The van der Waals surface area contributed by atoms with Gasteiger partial charge in [0, 0.05) is 18.7 Å². The SMILES string of the molecule is CC(C)CCN(CCC(C)C)C(=O)CN1C(=O)NC(C)(c2cc(F)ccc2F)C1=O. The quantitative estimate of drug-likeness (QED) is 0.617. The highest BCUT2D eigenvalue weighted by Crippen LogP contribution is 2.31. The van der Waals surface area contributed by atoms with Crippen molar-refractivity contribution in [2.45, 2.75) is 53.0 Å². The number of rotatable bonds is 9. The molecule has 1 aromatic carbocycles. The standard InChI is InChI=1S/C22H31F2N3O3/c1-14(2)8-10-26(11-9-15(3)4)19(28)13-27-20(29)22(5,25-21(27)30)17-12-16(23)6-7-18(17)24/h6-7,12,14-15H,8-11,13H2,1-5H3,(H,25,30). The molecule has 0 aromatic heterocycles. The van der Waals surface area contributed by atoms with Crippen LogP contribution in [0.5, 0.6) is 0 Å². The number of benzene rings is 1. The summed E-state index contributed by atoms with van der Waals surface area (Å²) in [6, 6.07) is 1.93. The summed E-state index contributed by atoms with van der Waals surface area (Å²) >= 11 is 0. The molecule has 1 N–H and O–H groups in total. The number of imide groups is 1. The van der Waals surface area contributed by atoms with Crippen molar-refractivity contribution < 1.29 is 23.2 Å². The van der Waals surface area contributed by atoms with Crippen molar-refractivity contribution in [2.75, 3.05) is 19.6 Å². The third-order valence-electron chi connectivity index (χ3n) is 5.34. The van der Waals surface area contributed by atoms with Gasteiger partial charge in [0.05, 0.1) is 0 Å². The molecule has 0 saturated carbocycles. The lowest BCUT2D eigenvalue weighted by Gasteiger charge is -2.27. The zero-order chi connectivity index (χ0) is 22.6. The van der Waals surface area contributed by atoms with Gasteiger partial charge >= 0.3 is 6.03 Å². The number of nitrogens with one attached hydrogen (secondary N) is 1. The maximum absolute atomic E-state index is 14.3.